The van der Waals surface area contributed by atoms with E-state index in [4.69, 9.17) is 16.1 Å². The van der Waals surface area contributed by atoms with E-state index in [1.807, 2.05) is 66.4 Å². The molecule has 1 saturated carbocycles. The Balaban J connectivity index is 1.60. The smallest absolute Gasteiger partial charge is 0.276 e. The summed E-state index contributed by atoms with van der Waals surface area (Å²) in [4.78, 5) is 15.0. The second-order valence-electron chi connectivity index (χ2n) is 6.61. The number of carbonyl (C=O) groups excluding carboxylic acids is 1. The molecule has 1 amide bonds. The van der Waals surface area contributed by atoms with Gasteiger partial charge < -0.3 is 9.42 Å². The van der Waals surface area contributed by atoms with Crippen LogP contribution in [-0.4, -0.2) is 22.0 Å². The van der Waals surface area contributed by atoms with E-state index in [9.17, 15) is 4.79 Å². The van der Waals surface area contributed by atoms with Gasteiger partial charge in [0.2, 0.25) is 0 Å². The van der Waals surface area contributed by atoms with Crippen LogP contribution in [0, 0.1) is 0 Å². The van der Waals surface area contributed by atoms with Crippen LogP contribution in [0.25, 0.3) is 11.3 Å². The number of benzene rings is 2. The number of rotatable bonds is 5. The molecule has 4 nitrogen and oxygen atoms in total. The third-order valence-corrected chi connectivity index (χ3v) is 4.98. The molecule has 0 spiro atoms. The molecule has 26 heavy (non-hydrogen) atoms. The van der Waals surface area contributed by atoms with Crippen molar-refractivity contribution in [1.82, 2.24) is 10.1 Å². The fourth-order valence-electron chi connectivity index (χ4n) is 3.16. The molecule has 0 saturated heterocycles. The Bertz CT molecular complexity index is 901. The van der Waals surface area contributed by atoms with E-state index in [2.05, 4.69) is 5.16 Å². The van der Waals surface area contributed by atoms with Crippen LogP contribution in [0.3, 0.4) is 0 Å². The van der Waals surface area contributed by atoms with Crippen LogP contribution < -0.4 is 0 Å². The van der Waals surface area contributed by atoms with Crippen LogP contribution in [0.5, 0.6) is 0 Å². The van der Waals surface area contributed by atoms with E-state index in [1.54, 1.807) is 6.07 Å². The molecule has 0 radical (unpaired) electrons. The summed E-state index contributed by atoms with van der Waals surface area (Å²) in [5.74, 6) is 0.504. The SMILES string of the molecule is CC(c1ccc(Cl)cc1)N(C(=O)c1cc(-c2ccccc2)on1)C1CC1. The number of hydrogen-bond donors (Lipinski definition) is 0. The van der Waals surface area contributed by atoms with Gasteiger partial charge in [0, 0.05) is 22.7 Å². The zero-order chi connectivity index (χ0) is 18.1. The lowest BCUT2D eigenvalue weighted by Gasteiger charge is -2.29. The minimum atomic E-state index is -0.0964. The molecule has 0 aliphatic heterocycles. The van der Waals surface area contributed by atoms with Crippen LogP contribution >= 0.6 is 11.6 Å². The standard InChI is InChI=1S/C21H19ClN2O2/c1-14(15-7-9-17(22)10-8-15)24(18-11-12-18)21(25)19-13-20(26-23-19)16-5-3-2-4-6-16/h2-10,13-14,18H,11-12H2,1H3. The third-order valence-electron chi connectivity index (χ3n) is 4.73. The molecular formula is C21H19ClN2O2. The third kappa shape index (κ3) is 3.37. The molecule has 1 aromatic heterocycles. The van der Waals surface area contributed by atoms with Gasteiger partial charge in [-0.1, -0.05) is 59.2 Å². The first-order chi connectivity index (χ1) is 12.6. The number of amides is 1. The molecule has 132 valence electrons. The first kappa shape index (κ1) is 16.9. The second kappa shape index (κ2) is 6.96. The van der Waals surface area contributed by atoms with Crippen molar-refractivity contribution in [2.24, 2.45) is 0 Å². The molecular weight excluding hydrogens is 348 g/mol. The van der Waals surface area contributed by atoms with Crippen molar-refractivity contribution in [1.29, 1.82) is 0 Å². The van der Waals surface area contributed by atoms with Crippen molar-refractivity contribution < 1.29 is 9.32 Å². The van der Waals surface area contributed by atoms with Gasteiger partial charge in [0.1, 0.15) is 0 Å². The molecule has 0 bridgehead atoms. The van der Waals surface area contributed by atoms with Crippen molar-refractivity contribution in [3.63, 3.8) is 0 Å². The number of halogens is 1. The van der Waals surface area contributed by atoms with Gasteiger partial charge >= 0.3 is 0 Å². The van der Waals surface area contributed by atoms with Gasteiger partial charge in [0.25, 0.3) is 5.91 Å². The van der Waals surface area contributed by atoms with E-state index in [1.165, 1.54) is 0 Å². The Hall–Kier alpha value is -2.59. The average molecular weight is 367 g/mol. The monoisotopic (exact) mass is 366 g/mol. The summed E-state index contributed by atoms with van der Waals surface area (Å²) in [6.45, 7) is 2.04. The molecule has 3 aromatic rings. The summed E-state index contributed by atoms with van der Waals surface area (Å²) in [5.41, 5.74) is 2.31. The first-order valence-electron chi connectivity index (χ1n) is 8.74. The normalized spacial score (nSPS) is 14.8. The molecule has 5 heteroatoms. The predicted molar refractivity (Wildman–Crippen MR) is 101 cm³/mol. The highest BCUT2D eigenvalue weighted by Crippen LogP contribution is 2.36. The highest BCUT2D eigenvalue weighted by Gasteiger charge is 2.37. The number of nitrogens with zero attached hydrogens (tertiary/aromatic N) is 2. The van der Waals surface area contributed by atoms with Crippen LogP contribution in [0.1, 0.15) is 41.9 Å². The number of aromatic nitrogens is 1. The molecule has 1 aliphatic rings. The molecule has 1 atom stereocenters. The highest BCUT2D eigenvalue weighted by molar-refractivity contribution is 6.30. The predicted octanol–water partition coefficient (Wildman–Crippen LogP) is 5.36. The Morgan fingerprint density at radius 3 is 2.50 bits per heavy atom. The molecule has 1 aliphatic carbocycles. The Labute approximate surface area is 157 Å². The van der Waals surface area contributed by atoms with E-state index >= 15 is 0 Å². The van der Waals surface area contributed by atoms with Gasteiger partial charge in [-0.2, -0.15) is 0 Å². The fraction of sp³-hybridized carbons (Fsp3) is 0.238. The lowest BCUT2D eigenvalue weighted by molar-refractivity contribution is 0.0663. The van der Waals surface area contributed by atoms with Gasteiger partial charge in [-0.15, -0.1) is 0 Å². The maximum Gasteiger partial charge on any atom is 0.276 e. The van der Waals surface area contributed by atoms with Gasteiger partial charge in [0.05, 0.1) is 6.04 Å². The fourth-order valence-corrected chi connectivity index (χ4v) is 3.29. The number of carbonyl (C=O) groups is 1. The zero-order valence-electron chi connectivity index (χ0n) is 14.4. The average Bonchev–Trinajstić information content (AvgIpc) is 3.37. The Morgan fingerprint density at radius 1 is 1.15 bits per heavy atom. The summed E-state index contributed by atoms with van der Waals surface area (Å²) >= 11 is 5.99. The van der Waals surface area contributed by atoms with Crippen molar-refractivity contribution in [2.45, 2.75) is 31.8 Å². The highest BCUT2D eigenvalue weighted by atomic mass is 35.5. The first-order valence-corrected chi connectivity index (χ1v) is 9.11. The summed E-state index contributed by atoms with van der Waals surface area (Å²) in [5, 5.41) is 4.72. The summed E-state index contributed by atoms with van der Waals surface area (Å²) in [6.07, 6.45) is 2.04. The Morgan fingerprint density at radius 2 is 1.85 bits per heavy atom. The van der Waals surface area contributed by atoms with E-state index in [-0.39, 0.29) is 18.0 Å². The van der Waals surface area contributed by atoms with Gasteiger partial charge in [-0.05, 0) is 37.5 Å². The number of hydrogen-bond acceptors (Lipinski definition) is 3. The largest absolute Gasteiger partial charge is 0.355 e. The van der Waals surface area contributed by atoms with Crippen LogP contribution in [-0.2, 0) is 0 Å². The van der Waals surface area contributed by atoms with E-state index < -0.39 is 0 Å². The van der Waals surface area contributed by atoms with Crippen molar-refractivity contribution in [2.75, 3.05) is 0 Å². The maximum absolute atomic E-state index is 13.1. The van der Waals surface area contributed by atoms with Crippen molar-refractivity contribution >= 4 is 17.5 Å². The molecule has 1 fully saturated rings. The second-order valence-corrected chi connectivity index (χ2v) is 7.05. The maximum atomic E-state index is 13.1. The molecule has 4 rings (SSSR count). The summed E-state index contributed by atoms with van der Waals surface area (Å²) in [6, 6.07) is 19.2. The molecule has 1 unspecified atom stereocenters. The van der Waals surface area contributed by atoms with Gasteiger partial charge in [0.15, 0.2) is 11.5 Å². The van der Waals surface area contributed by atoms with Crippen molar-refractivity contribution in [3.8, 4) is 11.3 Å². The lowest BCUT2D eigenvalue weighted by Crippen LogP contribution is -2.35. The molecule has 0 N–H and O–H groups in total. The van der Waals surface area contributed by atoms with Crippen molar-refractivity contribution in [3.05, 3.63) is 76.9 Å². The lowest BCUT2D eigenvalue weighted by atomic mass is 10.1. The molecule has 2 aromatic carbocycles. The topological polar surface area (TPSA) is 46.3 Å². The zero-order valence-corrected chi connectivity index (χ0v) is 15.2. The van der Waals surface area contributed by atoms with Gasteiger partial charge in [-0.25, -0.2) is 0 Å². The van der Waals surface area contributed by atoms with Crippen LogP contribution in [0.4, 0.5) is 0 Å². The molecule has 1 heterocycles. The minimum Gasteiger partial charge on any atom is -0.355 e. The van der Waals surface area contributed by atoms with Gasteiger partial charge in [-0.3, -0.25) is 4.79 Å². The van der Waals surface area contributed by atoms with E-state index in [0.29, 0.717) is 16.5 Å². The minimum absolute atomic E-state index is 0.0517. The summed E-state index contributed by atoms with van der Waals surface area (Å²) in [7, 11) is 0. The Kier molecular flexibility index (Phi) is 4.51. The van der Waals surface area contributed by atoms with Crippen LogP contribution in [0.15, 0.2) is 65.2 Å². The quantitative estimate of drug-likeness (QED) is 0.610. The van der Waals surface area contributed by atoms with Crippen LogP contribution in [0.2, 0.25) is 5.02 Å². The van der Waals surface area contributed by atoms with E-state index in [0.717, 1.165) is 24.0 Å². The summed E-state index contributed by atoms with van der Waals surface area (Å²) < 4.78 is 5.41.